The van der Waals surface area contributed by atoms with E-state index in [1.807, 2.05) is 24.0 Å². The molecule has 1 aliphatic heterocycles. The van der Waals surface area contributed by atoms with E-state index < -0.39 is 0 Å². The summed E-state index contributed by atoms with van der Waals surface area (Å²) in [6, 6.07) is 3.77. The van der Waals surface area contributed by atoms with Gasteiger partial charge in [-0.15, -0.1) is 0 Å². The molecule has 0 spiro atoms. The average molecular weight is 337 g/mol. The zero-order valence-corrected chi connectivity index (χ0v) is 14.0. The molecule has 1 aromatic heterocycles. The Kier molecular flexibility index (Phi) is 4.90. The highest BCUT2D eigenvalue weighted by Crippen LogP contribution is 2.28. The van der Waals surface area contributed by atoms with Crippen molar-refractivity contribution >= 4 is 28.5 Å². The smallest absolute Gasteiger partial charge is 0.227 e. The van der Waals surface area contributed by atoms with E-state index >= 15 is 0 Å². The molecule has 1 N–H and O–H groups in total. The minimum atomic E-state index is 0.105. The number of furan rings is 1. The van der Waals surface area contributed by atoms with Crippen LogP contribution in [-0.4, -0.2) is 60.1 Å². The van der Waals surface area contributed by atoms with Gasteiger partial charge in [0.1, 0.15) is 5.58 Å². The van der Waals surface area contributed by atoms with Gasteiger partial charge in [-0.1, -0.05) is 11.6 Å². The molecule has 3 rings (SSSR count). The fourth-order valence-corrected chi connectivity index (χ4v) is 3.14. The fraction of sp³-hybridized carbons (Fsp3) is 0.471. The maximum Gasteiger partial charge on any atom is 0.227 e. The van der Waals surface area contributed by atoms with Crippen LogP contribution in [0.3, 0.4) is 0 Å². The minimum absolute atomic E-state index is 0.105. The zero-order chi connectivity index (χ0) is 16.4. The van der Waals surface area contributed by atoms with Crippen LogP contribution in [0.5, 0.6) is 0 Å². The standard InChI is InChI=1S/C17H21ClN2O3/c1-12-8-16-14(10-15(12)18)13(11-23-16)9-17(22)20-4-2-19(3-5-20)6-7-21/h8,10-11,21H,2-7,9H2,1H3. The van der Waals surface area contributed by atoms with Crippen molar-refractivity contribution in [1.29, 1.82) is 0 Å². The number of benzene rings is 1. The highest BCUT2D eigenvalue weighted by Gasteiger charge is 2.22. The number of piperazine rings is 1. The lowest BCUT2D eigenvalue weighted by atomic mass is 10.1. The number of fused-ring (bicyclic) bond motifs is 1. The van der Waals surface area contributed by atoms with Crippen molar-refractivity contribution in [2.75, 3.05) is 39.3 Å². The van der Waals surface area contributed by atoms with Crippen molar-refractivity contribution in [3.8, 4) is 0 Å². The molecule has 0 radical (unpaired) electrons. The number of hydrogen-bond acceptors (Lipinski definition) is 4. The Hall–Kier alpha value is -1.56. The Morgan fingerprint density at radius 1 is 1.30 bits per heavy atom. The molecule has 1 aromatic carbocycles. The summed E-state index contributed by atoms with van der Waals surface area (Å²) in [6.45, 7) is 5.79. The lowest BCUT2D eigenvalue weighted by Crippen LogP contribution is -2.49. The van der Waals surface area contributed by atoms with Gasteiger partial charge < -0.3 is 14.4 Å². The summed E-state index contributed by atoms with van der Waals surface area (Å²) in [6.07, 6.45) is 1.98. The van der Waals surface area contributed by atoms with Crippen LogP contribution in [0.2, 0.25) is 5.02 Å². The van der Waals surface area contributed by atoms with Crippen LogP contribution in [0.15, 0.2) is 22.8 Å². The first-order chi connectivity index (χ1) is 11.1. The van der Waals surface area contributed by atoms with Crippen molar-refractivity contribution < 1.29 is 14.3 Å². The van der Waals surface area contributed by atoms with Crippen molar-refractivity contribution in [2.24, 2.45) is 0 Å². The van der Waals surface area contributed by atoms with Gasteiger partial charge in [0.15, 0.2) is 0 Å². The molecule has 0 unspecified atom stereocenters. The van der Waals surface area contributed by atoms with Crippen LogP contribution >= 0.6 is 11.6 Å². The fourth-order valence-electron chi connectivity index (χ4n) is 2.98. The summed E-state index contributed by atoms with van der Waals surface area (Å²) in [4.78, 5) is 16.6. The number of carbonyl (C=O) groups excluding carboxylic acids is 1. The number of carbonyl (C=O) groups is 1. The number of aliphatic hydroxyl groups is 1. The minimum Gasteiger partial charge on any atom is -0.464 e. The van der Waals surface area contributed by atoms with Gasteiger partial charge in [-0.3, -0.25) is 9.69 Å². The molecular weight excluding hydrogens is 316 g/mol. The van der Waals surface area contributed by atoms with E-state index in [0.717, 1.165) is 35.2 Å². The summed E-state index contributed by atoms with van der Waals surface area (Å²) >= 11 is 6.18. The average Bonchev–Trinajstić information content (AvgIpc) is 2.91. The van der Waals surface area contributed by atoms with Crippen LogP contribution in [0.25, 0.3) is 11.0 Å². The van der Waals surface area contributed by atoms with E-state index in [-0.39, 0.29) is 12.5 Å². The van der Waals surface area contributed by atoms with E-state index in [0.29, 0.717) is 31.1 Å². The monoisotopic (exact) mass is 336 g/mol. The van der Waals surface area contributed by atoms with E-state index in [9.17, 15) is 4.79 Å². The number of aliphatic hydroxyl groups excluding tert-OH is 1. The van der Waals surface area contributed by atoms with Gasteiger partial charge in [-0.05, 0) is 24.6 Å². The second-order valence-electron chi connectivity index (χ2n) is 5.98. The third kappa shape index (κ3) is 3.52. The van der Waals surface area contributed by atoms with Crippen LogP contribution in [0.4, 0.5) is 0 Å². The van der Waals surface area contributed by atoms with Gasteiger partial charge in [-0.2, -0.15) is 0 Å². The number of halogens is 1. The molecule has 0 saturated carbocycles. The summed E-state index contributed by atoms with van der Waals surface area (Å²) < 4.78 is 5.56. The summed E-state index contributed by atoms with van der Waals surface area (Å²) in [5.74, 6) is 0.105. The zero-order valence-electron chi connectivity index (χ0n) is 13.2. The molecule has 1 aliphatic rings. The predicted molar refractivity (Wildman–Crippen MR) is 89.8 cm³/mol. The van der Waals surface area contributed by atoms with Crippen molar-refractivity contribution in [3.63, 3.8) is 0 Å². The van der Waals surface area contributed by atoms with Gasteiger partial charge in [0.05, 0.1) is 19.3 Å². The molecule has 2 aromatic rings. The molecule has 6 heteroatoms. The number of aryl methyl sites for hydroxylation is 1. The summed E-state index contributed by atoms with van der Waals surface area (Å²) in [5.41, 5.74) is 2.61. The molecular formula is C17H21ClN2O3. The summed E-state index contributed by atoms with van der Waals surface area (Å²) in [5, 5.41) is 10.6. The molecule has 5 nitrogen and oxygen atoms in total. The van der Waals surface area contributed by atoms with Crippen LogP contribution < -0.4 is 0 Å². The molecule has 0 bridgehead atoms. The molecule has 124 valence electrons. The lowest BCUT2D eigenvalue weighted by molar-refractivity contribution is -0.132. The second-order valence-corrected chi connectivity index (χ2v) is 6.39. The number of β-amino-alcohol motifs (C(OH)–C–C–N with tert-alkyl or cyclic N) is 1. The quantitative estimate of drug-likeness (QED) is 0.928. The summed E-state index contributed by atoms with van der Waals surface area (Å²) in [7, 11) is 0. The van der Waals surface area contributed by atoms with Crippen LogP contribution in [0.1, 0.15) is 11.1 Å². The third-order valence-electron chi connectivity index (χ3n) is 4.42. The Bertz CT molecular complexity index is 705. The topological polar surface area (TPSA) is 56.9 Å². The highest BCUT2D eigenvalue weighted by molar-refractivity contribution is 6.32. The molecule has 1 saturated heterocycles. The molecule has 1 amide bonds. The van der Waals surface area contributed by atoms with E-state index in [2.05, 4.69) is 4.90 Å². The van der Waals surface area contributed by atoms with Crippen molar-refractivity contribution in [1.82, 2.24) is 9.80 Å². The highest BCUT2D eigenvalue weighted by atomic mass is 35.5. The number of nitrogens with zero attached hydrogens (tertiary/aromatic N) is 2. The largest absolute Gasteiger partial charge is 0.464 e. The van der Waals surface area contributed by atoms with Gasteiger partial charge in [0.25, 0.3) is 0 Å². The molecule has 0 atom stereocenters. The predicted octanol–water partition coefficient (Wildman–Crippen LogP) is 2.07. The molecule has 23 heavy (non-hydrogen) atoms. The Morgan fingerprint density at radius 3 is 2.74 bits per heavy atom. The maximum absolute atomic E-state index is 12.5. The maximum atomic E-state index is 12.5. The number of amides is 1. The first-order valence-electron chi connectivity index (χ1n) is 7.85. The second kappa shape index (κ2) is 6.91. The van der Waals surface area contributed by atoms with Gasteiger partial charge in [0.2, 0.25) is 5.91 Å². The Morgan fingerprint density at radius 2 is 2.04 bits per heavy atom. The lowest BCUT2D eigenvalue weighted by Gasteiger charge is -2.34. The van der Waals surface area contributed by atoms with Gasteiger partial charge in [-0.25, -0.2) is 0 Å². The molecule has 2 heterocycles. The molecule has 0 aliphatic carbocycles. The van der Waals surface area contributed by atoms with E-state index in [1.165, 1.54) is 0 Å². The van der Waals surface area contributed by atoms with Gasteiger partial charge in [0, 0.05) is 48.7 Å². The molecule has 1 fully saturated rings. The van der Waals surface area contributed by atoms with Gasteiger partial charge >= 0.3 is 0 Å². The van der Waals surface area contributed by atoms with E-state index in [4.69, 9.17) is 21.1 Å². The van der Waals surface area contributed by atoms with Crippen molar-refractivity contribution in [2.45, 2.75) is 13.3 Å². The number of rotatable bonds is 4. The van der Waals surface area contributed by atoms with Crippen LogP contribution in [0, 0.1) is 6.92 Å². The number of hydrogen-bond donors (Lipinski definition) is 1. The van der Waals surface area contributed by atoms with Crippen LogP contribution in [-0.2, 0) is 11.2 Å². The first-order valence-corrected chi connectivity index (χ1v) is 8.23. The normalized spacial score (nSPS) is 16.2. The van der Waals surface area contributed by atoms with Crippen molar-refractivity contribution in [3.05, 3.63) is 34.5 Å². The Balaban J connectivity index is 1.68. The Labute approximate surface area is 140 Å². The third-order valence-corrected chi connectivity index (χ3v) is 4.83. The van der Waals surface area contributed by atoms with E-state index in [1.54, 1.807) is 6.26 Å². The first kappa shape index (κ1) is 16.3. The SMILES string of the molecule is Cc1cc2occ(CC(=O)N3CCN(CCO)CC3)c2cc1Cl.